The average Bonchev–Trinajstić information content (AvgIpc) is 2.29. The van der Waals surface area contributed by atoms with Crippen LogP contribution in [0.15, 0.2) is 0 Å². The molecule has 1 N–H and O–H groups in total. The second-order valence-electron chi connectivity index (χ2n) is 3.88. The van der Waals surface area contributed by atoms with E-state index >= 15 is 0 Å². The van der Waals surface area contributed by atoms with Crippen molar-refractivity contribution in [3.63, 3.8) is 0 Å². The Morgan fingerprint density at radius 3 is 2.26 bits per heavy atom. The summed E-state index contributed by atoms with van der Waals surface area (Å²) in [5.41, 5.74) is 0. The van der Waals surface area contributed by atoms with Gasteiger partial charge in [-0.25, -0.2) is 4.79 Å². The Labute approximate surface area is 108 Å². The van der Waals surface area contributed by atoms with E-state index in [1.54, 1.807) is 0 Å². The number of alkyl halides is 3. The molecular weight excluding hydrogens is 269 g/mol. The van der Waals surface area contributed by atoms with Gasteiger partial charge in [0.1, 0.15) is 6.54 Å². The van der Waals surface area contributed by atoms with Crippen LogP contribution in [0.25, 0.3) is 0 Å². The standard InChI is InChI=1S/C10H17F3N2O4/c1-14(4-3-10(11,12)13)9(18)15(5-6-19-2)7-8(16)17/h3-7H2,1-2H3,(H,16,17). The number of methoxy groups -OCH3 is 1. The van der Waals surface area contributed by atoms with Crippen LogP contribution in [0.2, 0.25) is 0 Å². The Kier molecular flexibility index (Phi) is 7.20. The predicted octanol–water partition coefficient (Wildman–Crippen LogP) is 1.02. The summed E-state index contributed by atoms with van der Waals surface area (Å²) in [6.45, 7) is -1.01. The smallest absolute Gasteiger partial charge is 0.390 e. The number of hydrogen-bond donors (Lipinski definition) is 1. The van der Waals surface area contributed by atoms with Gasteiger partial charge in [0.05, 0.1) is 13.0 Å². The summed E-state index contributed by atoms with van der Waals surface area (Å²) in [6.07, 6.45) is -5.50. The van der Waals surface area contributed by atoms with Crippen LogP contribution in [-0.2, 0) is 9.53 Å². The van der Waals surface area contributed by atoms with Crippen LogP contribution in [0, 0.1) is 0 Å². The summed E-state index contributed by atoms with van der Waals surface area (Å²) in [5.74, 6) is -1.24. The molecule has 0 fully saturated rings. The molecule has 0 saturated heterocycles. The van der Waals surface area contributed by atoms with E-state index in [9.17, 15) is 22.8 Å². The second-order valence-corrected chi connectivity index (χ2v) is 3.88. The van der Waals surface area contributed by atoms with Gasteiger partial charge in [-0.1, -0.05) is 0 Å². The molecule has 0 radical (unpaired) electrons. The Bertz CT molecular complexity index is 310. The molecule has 0 aliphatic heterocycles. The van der Waals surface area contributed by atoms with Gasteiger partial charge >= 0.3 is 18.2 Å². The number of rotatable bonds is 7. The average molecular weight is 286 g/mol. The fourth-order valence-electron chi connectivity index (χ4n) is 1.24. The fourth-order valence-corrected chi connectivity index (χ4v) is 1.24. The zero-order chi connectivity index (χ0) is 15.1. The molecule has 0 bridgehead atoms. The zero-order valence-electron chi connectivity index (χ0n) is 10.7. The molecule has 9 heteroatoms. The monoisotopic (exact) mass is 286 g/mol. The molecule has 0 saturated carbocycles. The summed E-state index contributed by atoms with van der Waals surface area (Å²) in [6, 6.07) is -0.774. The summed E-state index contributed by atoms with van der Waals surface area (Å²) in [7, 11) is 2.56. The van der Waals surface area contributed by atoms with Crippen molar-refractivity contribution in [3.8, 4) is 0 Å². The van der Waals surface area contributed by atoms with Gasteiger partial charge in [0.15, 0.2) is 0 Å². The molecule has 0 aromatic heterocycles. The number of carbonyl (C=O) groups is 2. The minimum atomic E-state index is -4.36. The van der Waals surface area contributed by atoms with Crippen molar-refractivity contribution in [2.75, 3.05) is 40.4 Å². The molecule has 0 unspecified atom stereocenters. The Morgan fingerprint density at radius 1 is 1.26 bits per heavy atom. The van der Waals surface area contributed by atoms with Crippen molar-refractivity contribution in [2.24, 2.45) is 0 Å². The van der Waals surface area contributed by atoms with E-state index in [4.69, 9.17) is 9.84 Å². The topological polar surface area (TPSA) is 70.1 Å². The zero-order valence-corrected chi connectivity index (χ0v) is 10.7. The second kappa shape index (κ2) is 7.82. The maximum atomic E-state index is 12.0. The van der Waals surface area contributed by atoms with Gasteiger partial charge in [-0.3, -0.25) is 4.79 Å². The van der Waals surface area contributed by atoms with Gasteiger partial charge in [0.2, 0.25) is 0 Å². The first-order valence-electron chi connectivity index (χ1n) is 5.45. The molecule has 0 aromatic carbocycles. The highest BCUT2D eigenvalue weighted by Crippen LogP contribution is 2.19. The number of halogens is 3. The summed E-state index contributed by atoms with van der Waals surface area (Å²) in [4.78, 5) is 24.1. The minimum Gasteiger partial charge on any atom is -0.480 e. The maximum Gasteiger partial charge on any atom is 0.390 e. The number of carboxylic acid groups (broad SMARTS) is 1. The highest BCUT2D eigenvalue weighted by atomic mass is 19.4. The fraction of sp³-hybridized carbons (Fsp3) is 0.800. The lowest BCUT2D eigenvalue weighted by molar-refractivity contribution is -0.139. The van der Waals surface area contributed by atoms with E-state index in [0.717, 1.165) is 9.80 Å². The van der Waals surface area contributed by atoms with Crippen molar-refractivity contribution in [1.29, 1.82) is 0 Å². The number of carbonyl (C=O) groups excluding carboxylic acids is 1. The molecule has 0 aromatic rings. The molecule has 0 heterocycles. The van der Waals surface area contributed by atoms with E-state index in [1.165, 1.54) is 14.2 Å². The van der Waals surface area contributed by atoms with Crippen LogP contribution in [0.4, 0.5) is 18.0 Å². The number of nitrogens with zero attached hydrogens (tertiary/aromatic N) is 2. The highest BCUT2D eigenvalue weighted by molar-refractivity contribution is 5.80. The van der Waals surface area contributed by atoms with Crippen molar-refractivity contribution in [1.82, 2.24) is 9.80 Å². The molecule has 2 amide bonds. The van der Waals surface area contributed by atoms with Crippen molar-refractivity contribution < 1.29 is 32.6 Å². The maximum absolute atomic E-state index is 12.0. The Balaban J connectivity index is 4.46. The first-order chi connectivity index (χ1) is 8.67. The predicted molar refractivity (Wildman–Crippen MR) is 59.8 cm³/mol. The lowest BCUT2D eigenvalue weighted by atomic mass is 10.4. The Hall–Kier alpha value is -1.51. The molecule has 6 nitrogen and oxygen atoms in total. The number of aliphatic carboxylic acids is 1. The molecule has 0 rings (SSSR count). The Morgan fingerprint density at radius 2 is 1.84 bits per heavy atom. The van der Waals surface area contributed by atoms with E-state index in [0.29, 0.717) is 0 Å². The summed E-state index contributed by atoms with van der Waals surface area (Å²) < 4.78 is 40.8. The van der Waals surface area contributed by atoms with Crippen molar-refractivity contribution >= 4 is 12.0 Å². The number of ether oxygens (including phenoxy) is 1. The van der Waals surface area contributed by atoms with Gasteiger partial charge in [-0.15, -0.1) is 0 Å². The van der Waals surface area contributed by atoms with E-state index < -0.39 is 37.7 Å². The molecule has 0 atom stereocenters. The van der Waals surface area contributed by atoms with Crippen LogP contribution in [0.5, 0.6) is 0 Å². The molecule has 0 spiro atoms. The van der Waals surface area contributed by atoms with Gasteiger partial charge in [0, 0.05) is 27.2 Å². The lowest BCUT2D eigenvalue weighted by Crippen LogP contribution is -2.45. The number of amides is 2. The largest absolute Gasteiger partial charge is 0.480 e. The van der Waals surface area contributed by atoms with Crippen LogP contribution >= 0.6 is 0 Å². The summed E-state index contributed by atoms with van der Waals surface area (Å²) >= 11 is 0. The van der Waals surface area contributed by atoms with Gasteiger partial charge in [0.25, 0.3) is 0 Å². The van der Waals surface area contributed by atoms with Crippen molar-refractivity contribution in [3.05, 3.63) is 0 Å². The first-order valence-corrected chi connectivity index (χ1v) is 5.45. The van der Waals surface area contributed by atoms with Gasteiger partial charge in [-0.05, 0) is 0 Å². The third-order valence-corrected chi connectivity index (χ3v) is 2.22. The third-order valence-electron chi connectivity index (χ3n) is 2.22. The van der Waals surface area contributed by atoms with Crippen LogP contribution < -0.4 is 0 Å². The van der Waals surface area contributed by atoms with Gasteiger partial charge < -0.3 is 19.6 Å². The van der Waals surface area contributed by atoms with E-state index in [1.807, 2.05) is 0 Å². The molecule has 0 aliphatic rings. The normalized spacial score (nSPS) is 11.2. The lowest BCUT2D eigenvalue weighted by Gasteiger charge is -2.27. The van der Waals surface area contributed by atoms with Crippen LogP contribution in [-0.4, -0.2) is 73.5 Å². The van der Waals surface area contributed by atoms with Crippen molar-refractivity contribution in [2.45, 2.75) is 12.6 Å². The quantitative estimate of drug-likeness (QED) is 0.758. The molecule has 112 valence electrons. The number of urea groups is 1. The number of hydrogen-bond acceptors (Lipinski definition) is 3. The third kappa shape index (κ3) is 8.25. The number of carboxylic acids is 1. The SMILES string of the molecule is COCCN(CC(=O)O)C(=O)N(C)CCC(F)(F)F. The minimum absolute atomic E-state index is 0.00199. The molecule has 0 aliphatic carbocycles. The van der Waals surface area contributed by atoms with Gasteiger partial charge in [-0.2, -0.15) is 13.2 Å². The van der Waals surface area contributed by atoms with Crippen LogP contribution in [0.1, 0.15) is 6.42 Å². The highest BCUT2D eigenvalue weighted by Gasteiger charge is 2.29. The van der Waals surface area contributed by atoms with Crippen LogP contribution in [0.3, 0.4) is 0 Å². The van der Waals surface area contributed by atoms with E-state index in [2.05, 4.69) is 0 Å². The first kappa shape index (κ1) is 17.5. The summed E-state index contributed by atoms with van der Waals surface area (Å²) in [5, 5.41) is 8.64. The molecular formula is C10H17F3N2O4. The molecule has 19 heavy (non-hydrogen) atoms. The van der Waals surface area contributed by atoms with E-state index in [-0.39, 0.29) is 13.2 Å².